The molecule has 1 atom stereocenters. The molecule has 0 radical (unpaired) electrons. The van der Waals surface area contributed by atoms with E-state index in [4.69, 9.17) is 21.1 Å². The molecule has 0 saturated carbocycles. The lowest BCUT2D eigenvalue weighted by Gasteiger charge is -2.36. The molecule has 6 rings (SSSR count). The molecule has 0 spiro atoms. The van der Waals surface area contributed by atoms with E-state index in [-0.39, 0.29) is 53.0 Å². The van der Waals surface area contributed by atoms with Crippen LogP contribution in [-0.4, -0.2) is 70.2 Å². The number of aliphatic hydroxyl groups excluding tert-OH is 1. The number of benzene rings is 3. The van der Waals surface area contributed by atoms with Gasteiger partial charge in [-0.2, -0.15) is 4.98 Å². The van der Waals surface area contributed by atoms with Gasteiger partial charge in [0.05, 0.1) is 34.3 Å². The zero-order valence-corrected chi connectivity index (χ0v) is 22.6. The van der Waals surface area contributed by atoms with Crippen molar-refractivity contribution in [1.29, 1.82) is 0 Å². The van der Waals surface area contributed by atoms with Gasteiger partial charge in [0.1, 0.15) is 30.6 Å². The highest BCUT2D eigenvalue weighted by molar-refractivity contribution is 6.35. The van der Waals surface area contributed by atoms with Crippen LogP contribution in [0.5, 0.6) is 11.5 Å². The molecule has 2 aliphatic heterocycles. The number of aliphatic hydroxyl groups is 1. The number of carbonyl (C=O) groups is 1. The Morgan fingerprint density at radius 3 is 2.56 bits per heavy atom. The minimum atomic E-state index is -0.724. The van der Waals surface area contributed by atoms with E-state index < -0.39 is 23.6 Å². The second kappa shape index (κ2) is 10.9. The molecular formula is C29H26ClFN4O6. The Morgan fingerprint density at radius 1 is 1.10 bits per heavy atom. The standard InChI is InChI=1S/C29H26ClFN4O6/c30-20-13-19-25-26(23(20)24-21(31)7-4-8-22(24)37)40-16-18(14-36)35(25)28(38)32-27(19)33-9-11-34(12-10-33)29(39)41-15-17-5-2-1-3-6-17/h1-8,13,18,36-37H,9-12,14-16H2. The number of hydrogen-bond donors (Lipinski definition) is 2. The highest BCUT2D eigenvalue weighted by Gasteiger charge is 2.33. The van der Waals surface area contributed by atoms with E-state index in [0.29, 0.717) is 37.4 Å². The van der Waals surface area contributed by atoms with E-state index in [2.05, 4.69) is 4.98 Å². The van der Waals surface area contributed by atoms with Crippen molar-refractivity contribution in [3.63, 3.8) is 0 Å². The van der Waals surface area contributed by atoms with Gasteiger partial charge in [-0.05, 0) is 23.8 Å². The maximum atomic E-state index is 15.0. The Labute approximate surface area is 238 Å². The number of piperazine rings is 1. The number of carbonyl (C=O) groups excluding carboxylic acids is 1. The number of aromatic nitrogens is 2. The fourth-order valence-corrected chi connectivity index (χ4v) is 5.63. The predicted octanol–water partition coefficient (Wildman–Crippen LogP) is 3.95. The van der Waals surface area contributed by atoms with Crippen molar-refractivity contribution in [2.24, 2.45) is 0 Å². The second-order valence-electron chi connectivity index (χ2n) is 9.84. The Balaban J connectivity index is 1.36. The summed E-state index contributed by atoms with van der Waals surface area (Å²) in [5.41, 5.74) is 0.500. The van der Waals surface area contributed by atoms with Gasteiger partial charge in [0.15, 0.2) is 5.75 Å². The van der Waals surface area contributed by atoms with Gasteiger partial charge in [-0.25, -0.2) is 14.0 Å². The van der Waals surface area contributed by atoms with Gasteiger partial charge in [-0.1, -0.05) is 48.0 Å². The number of nitrogens with zero attached hydrogens (tertiary/aromatic N) is 4. The van der Waals surface area contributed by atoms with Crippen LogP contribution in [0.4, 0.5) is 15.0 Å². The Hall–Kier alpha value is -4.35. The first-order valence-electron chi connectivity index (χ1n) is 13.1. The number of anilines is 1. The highest BCUT2D eigenvalue weighted by Crippen LogP contribution is 2.49. The summed E-state index contributed by atoms with van der Waals surface area (Å²) in [5.74, 6) is -0.614. The summed E-state index contributed by atoms with van der Waals surface area (Å²) in [6.07, 6.45) is -0.435. The minimum Gasteiger partial charge on any atom is -0.507 e. The maximum Gasteiger partial charge on any atom is 0.410 e. The molecule has 1 aromatic heterocycles. The van der Waals surface area contributed by atoms with Crippen LogP contribution in [0.3, 0.4) is 0 Å². The predicted molar refractivity (Wildman–Crippen MR) is 150 cm³/mol. The van der Waals surface area contributed by atoms with Crippen LogP contribution in [0.15, 0.2) is 59.4 Å². The molecule has 4 aromatic rings. The first-order chi connectivity index (χ1) is 19.9. The number of ether oxygens (including phenoxy) is 2. The number of aromatic hydroxyl groups is 1. The summed E-state index contributed by atoms with van der Waals surface area (Å²) in [7, 11) is 0. The van der Waals surface area contributed by atoms with Crippen LogP contribution < -0.4 is 15.3 Å². The van der Waals surface area contributed by atoms with Crippen molar-refractivity contribution in [2.45, 2.75) is 12.6 Å². The van der Waals surface area contributed by atoms with Gasteiger partial charge in [0.2, 0.25) is 0 Å². The molecule has 2 aliphatic rings. The van der Waals surface area contributed by atoms with Gasteiger partial charge in [-0.15, -0.1) is 0 Å². The SMILES string of the molecule is O=C(OCc1ccccc1)N1CCN(c2nc(=O)n3c4c(c(-c5c(O)cccc5F)c(Cl)cc24)OCC3CO)CC1. The van der Waals surface area contributed by atoms with E-state index in [0.717, 1.165) is 5.56 Å². The zero-order valence-electron chi connectivity index (χ0n) is 21.8. The lowest BCUT2D eigenvalue weighted by Crippen LogP contribution is -2.49. The fourth-order valence-electron chi connectivity index (χ4n) is 5.34. The molecule has 3 heterocycles. The molecule has 0 aliphatic carbocycles. The van der Waals surface area contributed by atoms with Crippen molar-refractivity contribution in [3.05, 3.63) is 81.5 Å². The summed E-state index contributed by atoms with van der Waals surface area (Å²) in [5, 5.41) is 21.0. The Bertz CT molecular complexity index is 1670. The van der Waals surface area contributed by atoms with Crippen LogP contribution in [0.2, 0.25) is 5.02 Å². The molecule has 1 unspecified atom stereocenters. The third kappa shape index (κ3) is 4.81. The van der Waals surface area contributed by atoms with Gasteiger partial charge >= 0.3 is 11.8 Å². The summed E-state index contributed by atoms with van der Waals surface area (Å²) in [6, 6.07) is 14.1. The Morgan fingerprint density at radius 2 is 1.85 bits per heavy atom. The summed E-state index contributed by atoms with van der Waals surface area (Å²) >= 11 is 6.70. The number of amides is 1. The first kappa shape index (κ1) is 26.9. The number of phenols is 1. The van der Waals surface area contributed by atoms with Crippen LogP contribution in [0.1, 0.15) is 11.6 Å². The van der Waals surface area contributed by atoms with E-state index in [1.165, 1.54) is 22.8 Å². The lowest BCUT2D eigenvalue weighted by molar-refractivity contribution is 0.0941. The summed E-state index contributed by atoms with van der Waals surface area (Å²) in [4.78, 5) is 33.8. The van der Waals surface area contributed by atoms with E-state index >= 15 is 0 Å². The molecule has 212 valence electrons. The highest BCUT2D eigenvalue weighted by atomic mass is 35.5. The first-order valence-corrected chi connectivity index (χ1v) is 13.5. The largest absolute Gasteiger partial charge is 0.507 e. The molecule has 1 fully saturated rings. The van der Waals surface area contributed by atoms with Gasteiger partial charge in [-0.3, -0.25) is 4.57 Å². The Kier molecular flexibility index (Phi) is 7.14. The molecule has 2 N–H and O–H groups in total. The van der Waals surface area contributed by atoms with E-state index in [9.17, 15) is 24.2 Å². The van der Waals surface area contributed by atoms with E-state index in [1.54, 1.807) is 11.0 Å². The third-order valence-electron chi connectivity index (χ3n) is 7.38. The molecule has 1 amide bonds. The number of phenolic OH excluding ortho intramolecular Hbond substituents is 1. The molecule has 12 heteroatoms. The topological polar surface area (TPSA) is 117 Å². The van der Waals surface area contributed by atoms with Crippen molar-refractivity contribution in [1.82, 2.24) is 14.5 Å². The number of rotatable bonds is 5. The number of hydrogen-bond acceptors (Lipinski definition) is 8. The third-order valence-corrected chi connectivity index (χ3v) is 7.67. The summed E-state index contributed by atoms with van der Waals surface area (Å²) in [6.45, 7) is 1.08. The number of halogens is 2. The van der Waals surface area contributed by atoms with Crippen LogP contribution in [0.25, 0.3) is 22.0 Å². The van der Waals surface area contributed by atoms with Crippen LogP contribution in [-0.2, 0) is 11.3 Å². The monoisotopic (exact) mass is 580 g/mol. The van der Waals surface area contributed by atoms with E-state index in [1.807, 2.05) is 35.2 Å². The quantitative estimate of drug-likeness (QED) is 0.364. The van der Waals surface area contributed by atoms with Gasteiger partial charge in [0.25, 0.3) is 0 Å². The molecule has 3 aromatic carbocycles. The second-order valence-corrected chi connectivity index (χ2v) is 10.2. The molecule has 0 bridgehead atoms. The molecule has 10 nitrogen and oxygen atoms in total. The van der Waals surface area contributed by atoms with Crippen molar-refractivity contribution in [2.75, 3.05) is 44.3 Å². The fraction of sp³-hybridized carbons (Fsp3) is 0.276. The molecular weight excluding hydrogens is 555 g/mol. The van der Waals surface area contributed by atoms with Crippen molar-refractivity contribution < 1.29 is 28.9 Å². The maximum absolute atomic E-state index is 15.0. The molecule has 41 heavy (non-hydrogen) atoms. The minimum absolute atomic E-state index is 0.0775. The van der Waals surface area contributed by atoms with Crippen LogP contribution >= 0.6 is 11.6 Å². The van der Waals surface area contributed by atoms with Gasteiger partial charge in [0, 0.05) is 31.6 Å². The van der Waals surface area contributed by atoms with Crippen molar-refractivity contribution in [3.8, 4) is 22.6 Å². The van der Waals surface area contributed by atoms with Crippen molar-refractivity contribution >= 4 is 34.4 Å². The van der Waals surface area contributed by atoms with Crippen LogP contribution in [0, 0.1) is 5.82 Å². The zero-order chi connectivity index (χ0) is 28.7. The van der Waals surface area contributed by atoms with Gasteiger partial charge < -0.3 is 29.5 Å². The molecule has 1 saturated heterocycles. The average molecular weight is 581 g/mol. The lowest BCUT2D eigenvalue weighted by atomic mass is 9.99. The average Bonchev–Trinajstić information content (AvgIpc) is 2.99. The smallest absolute Gasteiger partial charge is 0.410 e. The summed E-state index contributed by atoms with van der Waals surface area (Å²) < 4.78 is 27.7. The normalized spacial score (nSPS) is 16.5.